The molecule has 1 saturated heterocycles. The Hall–Kier alpha value is -2.40. The molecule has 1 fully saturated rings. The summed E-state index contributed by atoms with van der Waals surface area (Å²) in [5.74, 6) is -0.118. The predicted octanol–water partition coefficient (Wildman–Crippen LogP) is 1.39. The second-order valence-corrected chi connectivity index (χ2v) is 6.05. The fourth-order valence-corrected chi connectivity index (χ4v) is 2.93. The number of rotatable bonds is 4. The first-order chi connectivity index (χ1) is 11.1. The van der Waals surface area contributed by atoms with E-state index in [-0.39, 0.29) is 17.5 Å². The Morgan fingerprint density at radius 1 is 1.22 bits per heavy atom. The minimum Gasteiger partial charge on any atom is -0.348 e. The zero-order valence-corrected chi connectivity index (χ0v) is 13.2. The molecule has 0 spiro atoms. The number of carbonyl (C=O) groups is 1. The molecular formula is C18H21N3O2. The number of carbonyl (C=O) groups excluding carboxylic acids is 1. The lowest BCUT2D eigenvalue weighted by molar-refractivity contribution is 0.0937. The largest absolute Gasteiger partial charge is 0.348 e. The molecule has 3 rings (SSSR count). The van der Waals surface area contributed by atoms with E-state index < -0.39 is 0 Å². The summed E-state index contributed by atoms with van der Waals surface area (Å²) in [4.78, 5) is 26.0. The van der Waals surface area contributed by atoms with Gasteiger partial charge in [-0.15, -0.1) is 0 Å². The van der Waals surface area contributed by atoms with Crippen molar-refractivity contribution >= 4 is 5.91 Å². The third kappa shape index (κ3) is 3.87. The van der Waals surface area contributed by atoms with E-state index in [4.69, 9.17) is 0 Å². The number of hydrogen-bond acceptors (Lipinski definition) is 3. The highest BCUT2D eigenvalue weighted by Crippen LogP contribution is 2.14. The van der Waals surface area contributed by atoms with E-state index in [2.05, 4.69) is 22.3 Å². The van der Waals surface area contributed by atoms with E-state index in [1.807, 2.05) is 18.2 Å². The van der Waals surface area contributed by atoms with Gasteiger partial charge in [0.25, 0.3) is 5.91 Å². The zero-order chi connectivity index (χ0) is 16.2. The number of amides is 1. The molecule has 23 heavy (non-hydrogen) atoms. The normalized spacial score (nSPS) is 18.0. The van der Waals surface area contributed by atoms with Crippen LogP contribution in [0, 0.1) is 0 Å². The van der Waals surface area contributed by atoms with Crippen LogP contribution in [0.3, 0.4) is 0 Å². The van der Waals surface area contributed by atoms with Gasteiger partial charge in [-0.25, -0.2) is 0 Å². The Labute approximate surface area is 135 Å². The number of nitrogens with one attached hydrogen (secondary N) is 1. The second kappa shape index (κ2) is 6.79. The number of aryl methyl sites for hydroxylation is 1. The highest BCUT2D eigenvalue weighted by molar-refractivity contribution is 5.94. The van der Waals surface area contributed by atoms with Gasteiger partial charge in [-0.1, -0.05) is 30.3 Å². The van der Waals surface area contributed by atoms with Crippen molar-refractivity contribution in [1.29, 1.82) is 0 Å². The smallest absolute Gasteiger partial charge is 0.253 e. The van der Waals surface area contributed by atoms with Crippen LogP contribution < -0.4 is 10.9 Å². The SMILES string of the molecule is Cn1cc(C(=O)NC2CCN(Cc3ccccc3)C2)ccc1=O. The zero-order valence-electron chi connectivity index (χ0n) is 13.2. The Morgan fingerprint density at radius 3 is 2.74 bits per heavy atom. The first-order valence-electron chi connectivity index (χ1n) is 7.85. The van der Waals surface area contributed by atoms with Crippen LogP contribution in [-0.4, -0.2) is 34.5 Å². The summed E-state index contributed by atoms with van der Waals surface area (Å²) < 4.78 is 1.42. The van der Waals surface area contributed by atoms with Crippen LogP contribution in [0.15, 0.2) is 53.5 Å². The first-order valence-corrected chi connectivity index (χ1v) is 7.85. The fourth-order valence-electron chi connectivity index (χ4n) is 2.93. The van der Waals surface area contributed by atoms with Crippen LogP contribution in [0.4, 0.5) is 0 Å². The third-order valence-electron chi connectivity index (χ3n) is 4.20. The van der Waals surface area contributed by atoms with E-state index in [1.165, 1.54) is 16.2 Å². The molecule has 5 heteroatoms. The van der Waals surface area contributed by atoms with E-state index in [0.717, 1.165) is 26.1 Å². The van der Waals surface area contributed by atoms with Crippen LogP contribution in [0.2, 0.25) is 0 Å². The highest BCUT2D eigenvalue weighted by Gasteiger charge is 2.24. The molecule has 0 bridgehead atoms. The van der Waals surface area contributed by atoms with E-state index in [1.54, 1.807) is 19.3 Å². The van der Waals surface area contributed by atoms with Crippen molar-refractivity contribution in [2.45, 2.75) is 19.0 Å². The molecule has 120 valence electrons. The molecule has 0 radical (unpaired) electrons. The summed E-state index contributed by atoms with van der Waals surface area (Å²) in [5.41, 5.74) is 1.70. The molecule has 1 N–H and O–H groups in total. The standard InChI is InChI=1S/C18H21N3O2/c1-20-12-15(7-8-17(20)22)18(23)19-16-9-10-21(13-16)11-14-5-3-2-4-6-14/h2-8,12,16H,9-11,13H2,1H3,(H,19,23). The second-order valence-electron chi connectivity index (χ2n) is 6.05. The van der Waals surface area contributed by atoms with Crippen molar-refractivity contribution in [2.24, 2.45) is 7.05 Å². The molecule has 1 unspecified atom stereocenters. The van der Waals surface area contributed by atoms with Crippen molar-refractivity contribution in [1.82, 2.24) is 14.8 Å². The average Bonchev–Trinajstić information content (AvgIpc) is 2.98. The summed E-state index contributed by atoms with van der Waals surface area (Å²) >= 11 is 0. The molecule has 1 aromatic carbocycles. The third-order valence-corrected chi connectivity index (χ3v) is 4.20. The molecule has 2 heterocycles. The summed E-state index contributed by atoms with van der Waals surface area (Å²) in [5, 5.41) is 3.06. The molecule has 1 aliphatic heterocycles. The minimum absolute atomic E-state index is 0.114. The van der Waals surface area contributed by atoms with Gasteiger partial charge in [0, 0.05) is 45.0 Å². The van der Waals surface area contributed by atoms with Gasteiger partial charge in [0.15, 0.2) is 0 Å². The van der Waals surface area contributed by atoms with Crippen molar-refractivity contribution in [3.05, 3.63) is 70.1 Å². The van der Waals surface area contributed by atoms with Gasteiger partial charge in [0.05, 0.1) is 5.56 Å². The average molecular weight is 311 g/mol. The summed E-state index contributed by atoms with van der Waals surface area (Å²) in [7, 11) is 1.65. The van der Waals surface area contributed by atoms with Crippen molar-refractivity contribution in [3.63, 3.8) is 0 Å². The molecule has 1 atom stereocenters. The van der Waals surface area contributed by atoms with Crippen LogP contribution in [0.1, 0.15) is 22.3 Å². The Kier molecular flexibility index (Phi) is 4.57. The molecule has 1 amide bonds. The first kappa shape index (κ1) is 15.5. The number of pyridine rings is 1. The van der Waals surface area contributed by atoms with Crippen LogP contribution in [0.25, 0.3) is 0 Å². The van der Waals surface area contributed by atoms with Crippen LogP contribution in [0.5, 0.6) is 0 Å². The molecular weight excluding hydrogens is 290 g/mol. The molecule has 2 aromatic rings. The van der Waals surface area contributed by atoms with Gasteiger partial charge in [0.1, 0.15) is 0 Å². The van der Waals surface area contributed by atoms with Gasteiger partial charge in [-0.3, -0.25) is 14.5 Å². The number of aromatic nitrogens is 1. The van der Waals surface area contributed by atoms with E-state index in [0.29, 0.717) is 5.56 Å². The fraction of sp³-hybridized carbons (Fsp3) is 0.333. The topological polar surface area (TPSA) is 54.3 Å². The monoisotopic (exact) mass is 311 g/mol. The Morgan fingerprint density at radius 2 is 2.00 bits per heavy atom. The molecule has 0 aliphatic carbocycles. The van der Waals surface area contributed by atoms with E-state index in [9.17, 15) is 9.59 Å². The van der Waals surface area contributed by atoms with Gasteiger partial charge < -0.3 is 9.88 Å². The maximum absolute atomic E-state index is 12.3. The lowest BCUT2D eigenvalue weighted by Gasteiger charge is -2.17. The molecule has 0 saturated carbocycles. The maximum atomic E-state index is 12.3. The van der Waals surface area contributed by atoms with Crippen LogP contribution in [-0.2, 0) is 13.6 Å². The maximum Gasteiger partial charge on any atom is 0.253 e. The number of likely N-dealkylation sites (tertiary alicyclic amines) is 1. The lowest BCUT2D eigenvalue weighted by Crippen LogP contribution is -2.37. The van der Waals surface area contributed by atoms with Gasteiger partial charge in [-0.05, 0) is 18.1 Å². The Balaban J connectivity index is 1.56. The van der Waals surface area contributed by atoms with Crippen molar-refractivity contribution < 1.29 is 4.79 Å². The van der Waals surface area contributed by atoms with Gasteiger partial charge in [-0.2, -0.15) is 0 Å². The predicted molar refractivity (Wildman–Crippen MR) is 89.3 cm³/mol. The molecule has 5 nitrogen and oxygen atoms in total. The number of nitrogens with zero attached hydrogens (tertiary/aromatic N) is 2. The van der Waals surface area contributed by atoms with Crippen LogP contribution >= 0.6 is 0 Å². The quantitative estimate of drug-likeness (QED) is 0.928. The number of benzene rings is 1. The number of hydrogen-bond donors (Lipinski definition) is 1. The minimum atomic E-state index is -0.118. The van der Waals surface area contributed by atoms with Crippen molar-refractivity contribution in [3.8, 4) is 0 Å². The highest BCUT2D eigenvalue weighted by atomic mass is 16.2. The molecule has 1 aromatic heterocycles. The van der Waals surface area contributed by atoms with Crippen molar-refractivity contribution in [2.75, 3.05) is 13.1 Å². The molecule has 1 aliphatic rings. The van der Waals surface area contributed by atoms with E-state index >= 15 is 0 Å². The van der Waals surface area contributed by atoms with Gasteiger partial charge in [0.2, 0.25) is 5.56 Å². The summed E-state index contributed by atoms with van der Waals surface area (Å²) in [6, 6.07) is 13.5. The van der Waals surface area contributed by atoms with Gasteiger partial charge >= 0.3 is 0 Å². The summed E-state index contributed by atoms with van der Waals surface area (Å²) in [6.07, 6.45) is 2.53. The summed E-state index contributed by atoms with van der Waals surface area (Å²) in [6.45, 7) is 2.74. The Bertz CT molecular complexity index is 739. The lowest BCUT2D eigenvalue weighted by atomic mass is 10.2.